The molecule has 30 heavy (non-hydrogen) atoms. The quantitative estimate of drug-likeness (QED) is 0.583. The topological polar surface area (TPSA) is 88.2 Å². The van der Waals surface area contributed by atoms with Gasteiger partial charge in [0.05, 0.1) is 11.4 Å². The zero-order valence-electron chi connectivity index (χ0n) is 17.2. The highest BCUT2D eigenvalue weighted by Gasteiger charge is 2.18. The van der Waals surface area contributed by atoms with Gasteiger partial charge in [0.1, 0.15) is 0 Å². The van der Waals surface area contributed by atoms with E-state index < -0.39 is 15.9 Å². The molecule has 1 aromatic carbocycles. The first kappa shape index (κ1) is 22.1. The first-order valence-corrected chi connectivity index (χ1v) is 11.9. The molecule has 0 aliphatic carbocycles. The summed E-state index contributed by atoms with van der Waals surface area (Å²) in [5.74, 6) is -0.411. The summed E-state index contributed by atoms with van der Waals surface area (Å²) in [4.78, 5) is 17.6. The predicted octanol–water partition coefficient (Wildman–Crippen LogP) is 3.70. The van der Waals surface area contributed by atoms with Crippen molar-refractivity contribution in [3.63, 3.8) is 0 Å². The van der Waals surface area contributed by atoms with E-state index in [0.717, 1.165) is 21.6 Å². The highest BCUT2D eigenvalue weighted by atomic mass is 32.2. The molecular formula is C22H25N3O3S2. The summed E-state index contributed by atoms with van der Waals surface area (Å²) in [5.41, 5.74) is 2.80. The summed E-state index contributed by atoms with van der Waals surface area (Å²) in [6.07, 6.45) is 3.45. The van der Waals surface area contributed by atoms with Crippen LogP contribution in [0.25, 0.3) is 10.4 Å². The van der Waals surface area contributed by atoms with Crippen molar-refractivity contribution in [1.82, 2.24) is 15.0 Å². The monoisotopic (exact) mass is 443 g/mol. The molecule has 0 saturated heterocycles. The molecule has 158 valence electrons. The van der Waals surface area contributed by atoms with Crippen molar-refractivity contribution in [3.05, 3.63) is 71.4 Å². The normalized spacial score (nSPS) is 12.0. The molecule has 2 N–H and O–H groups in total. The summed E-state index contributed by atoms with van der Waals surface area (Å²) in [7, 11) is -3.76. The van der Waals surface area contributed by atoms with Gasteiger partial charge in [0, 0.05) is 29.4 Å². The highest BCUT2D eigenvalue weighted by Crippen LogP contribution is 2.24. The van der Waals surface area contributed by atoms with Crippen molar-refractivity contribution >= 4 is 27.3 Å². The fourth-order valence-electron chi connectivity index (χ4n) is 2.80. The van der Waals surface area contributed by atoms with E-state index >= 15 is 0 Å². The average Bonchev–Trinajstić information content (AvgIpc) is 3.25. The molecule has 0 saturated carbocycles. The second kappa shape index (κ2) is 9.07. The van der Waals surface area contributed by atoms with Crippen molar-refractivity contribution in [3.8, 4) is 10.4 Å². The maximum atomic E-state index is 12.4. The second-order valence-corrected chi connectivity index (χ2v) is 10.6. The van der Waals surface area contributed by atoms with Crippen molar-refractivity contribution in [2.24, 2.45) is 0 Å². The Bertz CT molecular complexity index is 1100. The van der Waals surface area contributed by atoms with Crippen LogP contribution in [0.5, 0.6) is 0 Å². The van der Waals surface area contributed by atoms with Crippen LogP contribution in [0, 0.1) is 0 Å². The number of nitrogens with zero attached hydrogens (tertiary/aromatic N) is 1. The van der Waals surface area contributed by atoms with Crippen LogP contribution < -0.4 is 10.0 Å². The standard InChI is InChI=1S/C22H25N3O3S2/c1-22(2,3)18-6-8-19(9-7-18)30(27,28)25-15-21(26)24-13-16-11-17(14-23-12-16)20-5-4-10-29-20/h4-12,14,25H,13,15H2,1-3H3,(H,24,26). The minimum Gasteiger partial charge on any atom is -0.351 e. The first-order valence-electron chi connectivity index (χ1n) is 9.50. The number of pyridine rings is 1. The zero-order valence-corrected chi connectivity index (χ0v) is 18.8. The highest BCUT2D eigenvalue weighted by molar-refractivity contribution is 7.89. The minimum atomic E-state index is -3.76. The molecule has 8 heteroatoms. The third-order valence-electron chi connectivity index (χ3n) is 4.54. The van der Waals surface area contributed by atoms with Crippen LogP contribution in [0.1, 0.15) is 31.9 Å². The molecule has 0 bridgehead atoms. The lowest BCUT2D eigenvalue weighted by atomic mass is 9.87. The number of thiophene rings is 1. The minimum absolute atomic E-state index is 0.0642. The van der Waals surface area contributed by atoms with E-state index in [1.54, 1.807) is 48.0 Å². The SMILES string of the molecule is CC(C)(C)c1ccc(S(=O)(=O)NCC(=O)NCc2cncc(-c3cccs3)c2)cc1. The van der Waals surface area contributed by atoms with E-state index in [4.69, 9.17) is 0 Å². The van der Waals surface area contributed by atoms with E-state index in [1.165, 1.54) is 0 Å². The molecule has 0 atom stereocenters. The van der Waals surface area contributed by atoms with Crippen molar-refractivity contribution < 1.29 is 13.2 Å². The van der Waals surface area contributed by atoms with E-state index in [1.807, 2.05) is 23.6 Å². The van der Waals surface area contributed by atoms with E-state index in [0.29, 0.717) is 0 Å². The number of rotatable bonds is 7. The maximum absolute atomic E-state index is 12.4. The molecule has 0 aliphatic rings. The Hall–Kier alpha value is -2.55. The van der Waals surface area contributed by atoms with Gasteiger partial charge in [0.25, 0.3) is 0 Å². The predicted molar refractivity (Wildman–Crippen MR) is 120 cm³/mol. The van der Waals surface area contributed by atoms with Gasteiger partial charge in [-0.05, 0) is 46.2 Å². The average molecular weight is 444 g/mol. The molecule has 0 unspecified atom stereocenters. The number of hydrogen-bond acceptors (Lipinski definition) is 5. The van der Waals surface area contributed by atoms with Crippen LogP contribution in [0.3, 0.4) is 0 Å². The molecule has 2 heterocycles. The molecule has 0 spiro atoms. The summed E-state index contributed by atoms with van der Waals surface area (Å²) in [5, 5.41) is 4.71. The molecule has 3 rings (SSSR count). The molecule has 6 nitrogen and oxygen atoms in total. The van der Waals surface area contributed by atoms with Crippen LogP contribution in [-0.4, -0.2) is 25.9 Å². The summed E-state index contributed by atoms with van der Waals surface area (Å²) < 4.78 is 27.2. The number of hydrogen-bond donors (Lipinski definition) is 2. The number of nitrogens with one attached hydrogen (secondary N) is 2. The first-order chi connectivity index (χ1) is 14.1. The number of carbonyl (C=O) groups excluding carboxylic acids is 1. The summed E-state index contributed by atoms with van der Waals surface area (Å²) in [6.45, 7) is 6.12. The lowest BCUT2D eigenvalue weighted by molar-refractivity contribution is -0.120. The Morgan fingerprint density at radius 2 is 1.83 bits per heavy atom. The van der Waals surface area contributed by atoms with Crippen molar-refractivity contribution in [2.75, 3.05) is 6.54 Å². The lowest BCUT2D eigenvalue weighted by Crippen LogP contribution is -2.36. The third kappa shape index (κ3) is 5.75. The number of benzene rings is 1. The molecule has 2 aromatic heterocycles. The van der Waals surface area contributed by atoms with Crippen LogP contribution in [-0.2, 0) is 26.8 Å². The van der Waals surface area contributed by atoms with Gasteiger partial charge in [0.2, 0.25) is 15.9 Å². The number of sulfonamides is 1. The molecule has 3 aromatic rings. The molecule has 1 amide bonds. The largest absolute Gasteiger partial charge is 0.351 e. The summed E-state index contributed by atoms with van der Waals surface area (Å²) >= 11 is 1.62. The van der Waals surface area contributed by atoms with Crippen LogP contribution >= 0.6 is 11.3 Å². The van der Waals surface area contributed by atoms with E-state index in [2.05, 4.69) is 35.8 Å². The fraction of sp³-hybridized carbons (Fsp3) is 0.273. The summed E-state index contributed by atoms with van der Waals surface area (Å²) in [6, 6.07) is 12.6. The maximum Gasteiger partial charge on any atom is 0.241 e. The smallest absolute Gasteiger partial charge is 0.241 e. The zero-order chi connectivity index (χ0) is 21.8. The Balaban J connectivity index is 1.55. The Kier molecular flexibility index (Phi) is 6.70. The van der Waals surface area contributed by atoms with Gasteiger partial charge in [-0.2, -0.15) is 0 Å². The van der Waals surface area contributed by atoms with Gasteiger partial charge in [0.15, 0.2) is 0 Å². The molecular weight excluding hydrogens is 418 g/mol. The van der Waals surface area contributed by atoms with Crippen molar-refractivity contribution in [1.29, 1.82) is 0 Å². The van der Waals surface area contributed by atoms with E-state index in [-0.39, 0.29) is 23.4 Å². The van der Waals surface area contributed by atoms with Crippen LogP contribution in [0.2, 0.25) is 0 Å². The Morgan fingerprint density at radius 3 is 2.47 bits per heavy atom. The van der Waals surface area contributed by atoms with Crippen LogP contribution in [0.4, 0.5) is 0 Å². The fourth-order valence-corrected chi connectivity index (χ4v) is 4.49. The molecule has 0 aliphatic heterocycles. The van der Waals surface area contributed by atoms with Crippen molar-refractivity contribution in [2.45, 2.75) is 37.6 Å². The third-order valence-corrected chi connectivity index (χ3v) is 6.88. The van der Waals surface area contributed by atoms with Crippen LogP contribution in [0.15, 0.2) is 65.1 Å². The number of carbonyl (C=O) groups is 1. The number of amides is 1. The van der Waals surface area contributed by atoms with Gasteiger partial charge in [-0.25, -0.2) is 13.1 Å². The van der Waals surface area contributed by atoms with Gasteiger partial charge in [-0.3, -0.25) is 9.78 Å². The van der Waals surface area contributed by atoms with E-state index in [9.17, 15) is 13.2 Å². The van der Waals surface area contributed by atoms with Gasteiger partial charge in [-0.15, -0.1) is 11.3 Å². The molecule has 0 radical (unpaired) electrons. The Labute approximate surface area is 181 Å². The number of aromatic nitrogens is 1. The van der Waals surface area contributed by atoms with Gasteiger partial charge < -0.3 is 5.32 Å². The van der Waals surface area contributed by atoms with Gasteiger partial charge in [-0.1, -0.05) is 39.0 Å². The van der Waals surface area contributed by atoms with Gasteiger partial charge >= 0.3 is 0 Å². The lowest BCUT2D eigenvalue weighted by Gasteiger charge is -2.19. The second-order valence-electron chi connectivity index (χ2n) is 7.93. The molecule has 0 fully saturated rings. The Morgan fingerprint density at radius 1 is 1.10 bits per heavy atom.